The van der Waals surface area contributed by atoms with Gasteiger partial charge >= 0.3 is 0 Å². The standard InChI is InChI=1S/C25H20ClN9O2S/c26-17-7-8-22(35-14-28-33-34-35)16(11-17)6-9-23(36)29-19(10-15-4-2-1-3-5-15)20-12-18(24(37)32-31-20)21-13-38-25(27)30-21/h1-9,11-14,19H,10H2,(H2,27,30)(H,29,36)(H,32,37)/b9-6+. The number of amides is 1. The van der Waals surface area contributed by atoms with Crippen LogP contribution < -0.4 is 16.6 Å². The number of carbonyl (C=O) groups is 1. The summed E-state index contributed by atoms with van der Waals surface area (Å²) in [4.78, 5) is 29.8. The Kier molecular flexibility index (Phi) is 7.33. The molecule has 1 unspecified atom stereocenters. The molecule has 0 saturated heterocycles. The number of anilines is 1. The molecule has 1 atom stereocenters. The number of aromatic amines is 1. The van der Waals surface area contributed by atoms with Crippen LogP contribution in [0.2, 0.25) is 5.02 Å². The van der Waals surface area contributed by atoms with E-state index >= 15 is 0 Å². The largest absolute Gasteiger partial charge is 0.375 e. The van der Waals surface area contributed by atoms with Gasteiger partial charge in [-0.05, 0) is 52.8 Å². The number of nitrogens with zero attached hydrogens (tertiary/aromatic N) is 6. The van der Waals surface area contributed by atoms with E-state index < -0.39 is 11.6 Å². The van der Waals surface area contributed by atoms with Gasteiger partial charge in [0.05, 0.1) is 28.7 Å². The third-order valence-corrected chi connectivity index (χ3v) is 6.49. The molecule has 0 aliphatic carbocycles. The number of nitrogens with two attached hydrogens (primary N) is 1. The third kappa shape index (κ3) is 5.82. The van der Waals surface area contributed by atoms with Gasteiger partial charge in [-0.1, -0.05) is 41.9 Å². The highest BCUT2D eigenvalue weighted by molar-refractivity contribution is 7.13. The lowest BCUT2D eigenvalue weighted by molar-refractivity contribution is -0.117. The molecule has 0 fully saturated rings. The number of benzene rings is 2. The molecule has 2 aromatic carbocycles. The number of hydrogen-bond acceptors (Lipinski definition) is 9. The van der Waals surface area contributed by atoms with Gasteiger partial charge in [-0.15, -0.1) is 16.4 Å². The molecule has 11 nitrogen and oxygen atoms in total. The number of tetrazole rings is 1. The summed E-state index contributed by atoms with van der Waals surface area (Å²) in [6, 6.07) is 15.9. The topological polar surface area (TPSA) is 157 Å². The Hall–Kier alpha value is -4.68. The minimum Gasteiger partial charge on any atom is -0.375 e. The minimum absolute atomic E-state index is 0.316. The average molecular weight is 546 g/mol. The van der Waals surface area contributed by atoms with E-state index in [1.807, 2.05) is 30.3 Å². The number of nitrogens with one attached hydrogen (secondary N) is 2. The molecule has 4 N–H and O–H groups in total. The summed E-state index contributed by atoms with van der Waals surface area (Å²) in [7, 11) is 0. The van der Waals surface area contributed by atoms with Gasteiger partial charge in [-0.3, -0.25) is 9.59 Å². The van der Waals surface area contributed by atoms with E-state index in [0.29, 0.717) is 44.8 Å². The van der Waals surface area contributed by atoms with Gasteiger partial charge in [0.15, 0.2) is 5.13 Å². The number of carbonyl (C=O) groups excluding carboxylic acids is 1. The summed E-state index contributed by atoms with van der Waals surface area (Å²) >= 11 is 7.42. The highest BCUT2D eigenvalue weighted by Crippen LogP contribution is 2.24. The number of nitrogen functional groups attached to an aromatic ring is 1. The Balaban J connectivity index is 1.44. The molecule has 3 heterocycles. The average Bonchev–Trinajstić information content (AvgIpc) is 3.60. The molecular formula is C25H20ClN9O2S. The van der Waals surface area contributed by atoms with Gasteiger partial charge < -0.3 is 11.1 Å². The van der Waals surface area contributed by atoms with E-state index in [-0.39, 0.29) is 5.91 Å². The fraction of sp³-hybridized carbons (Fsp3) is 0.0800. The zero-order chi connectivity index (χ0) is 26.5. The zero-order valence-corrected chi connectivity index (χ0v) is 21.2. The van der Waals surface area contributed by atoms with Crippen LogP contribution in [-0.2, 0) is 11.2 Å². The molecule has 190 valence electrons. The number of rotatable bonds is 8. The maximum Gasteiger partial charge on any atom is 0.273 e. The van der Waals surface area contributed by atoms with E-state index in [2.05, 4.69) is 36.0 Å². The van der Waals surface area contributed by atoms with Gasteiger partial charge in [-0.25, -0.2) is 10.1 Å². The Morgan fingerprint density at radius 3 is 2.79 bits per heavy atom. The first-order valence-electron chi connectivity index (χ1n) is 11.3. The molecule has 13 heteroatoms. The lowest BCUT2D eigenvalue weighted by Gasteiger charge is -2.18. The molecule has 0 saturated carbocycles. The van der Waals surface area contributed by atoms with Crippen LogP contribution in [0, 0.1) is 0 Å². The van der Waals surface area contributed by atoms with Crippen LogP contribution in [0.1, 0.15) is 22.9 Å². The molecule has 1 amide bonds. The Morgan fingerprint density at radius 2 is 2.05 bits per heavy atom. The normalized spacial score (nSPS) is 12.0. The Bertz CT molecular complexity index is 1650. The summed E-state index contributed by atoms with van der Waals surface area (Å²) in [6.07, 6.45) is 4.91. The summed E-state index contributed by atoms with van der Waals surface area (Å²) in [5.74, 6) is -0.374. The van der Waals surface area contributed by atoms with Crippen molar-refractivity contribution in [2.45, 2.75) is 12.5 Å². The number of thiazole rings is 1. The number of H-pyrrole nitrogens is 1. The maximum atomic E-state index is 13.1. The van der Waals surface area contributed by atoms with Crippen molar-refractivity contribution in [3.8, 4) is 16.9 Å². The van der Waals surface area contributed by atoms with Crippen molar-refractivity contribution in [1.29, 1.82) is 0 Å². The van der Waals surface area contributed by atoms with Gasteiger partial charge in [0.2, 0.25) is 5.91 Å². The van der Waals surface area contributed by atoms with Crippen molar-refractivity contribution in [2.24, 2.45) is 0 Å². The van der Waals surface area contributed by atoms with Crippen LogP contribution in [0.3, 0.4) is 0 Å². The second-order valence-corrected chi connectivity index (χ2v) is 9.47. The van der Waals surface area contributed by atoms with Crippen molar-refractivity contribution < 1.29 is 4.79 Å². The first-order chi connectivity index (χ1) is 18.5. The fourth-order valence-electron chi connectivity index (χ4n) is 3.81. The molecule has 0 aliphatic rings. The van der Waals surface area contributed by atoms with Crippen LogP contribution in [-0.4, -0.2) is 41.3 Å². The molecular weight excluding hydrogens is 526 g/mol. The number of halogens is 1. The summed E-state index contributed by atoms with van der Waals surface area (Å²) < 4.78 is 1.48. The quantitative estimate of drug-likeness (QED) is 0.251. The molecule has 5 rings (SSSR count). The molecule has 5 aromatic rings. The van der Waals surface area contributed by atoms with E-state index in [4.69, 9.17) is 17.3 Å². The lowest BCUT2D eigenvalue weighted by Crippen LogP contribution is -2.30. The second kappa shape index (κ2) is 11.2. The van der Waals surface area contributed by atoms with E-state index in [1.165, 1.54) is 28.4 Å². The molecule has 0 spiro atoms. The summed E-state index contributed by atoms with van der Waals surface area (Å²) in [5.41, 5.74) is 8.85. The monoisotopic (exact) mass is 545 g/mol. The van der Waals surface area contributed by atoms with Crippen LogP contribution in [0.4, 0.5) is 5.13 Å². The number of hydrogen-bond donors (Lipinski definition) is 3. The summed E-state index contributed by atoms with van der Waals surface area (Å²) in [5, 5.41) is 23.5. The maximum absolute atomic E-state index is 13.1. The van der Waals surface area contributed by atoms with Gasteiger partial charge in [-0.2, -0.15) is 9.78 Å². The predicted octanol–water partition coefficient (Wildman–Crippen LogP) is 3.22. The van der Waals surface area contributed by atoms with Gasteiger partial charge in [0.25, 0.3) is 5.56 Å². The number of aromatic nitrogens is 7. The molecule has 0 radical (unpaired) electrons. The Labute approximate surface area is 225 Å². The third-order valence-electron chi connectivity index (χ3n) is 5.58. The SMILES string of the molecule is Nc1nc(-c2cc(C(Cc3ccccc3)NC(=O)/C=C/c3cc(Cl)ccc3-n3cnnn3)n[nH]c2=O)cs1. The molecule has 0 bridgehead atoms. The van der Waals surface area contributed by atoms with Gasteiger partial charge in [0.1, 0.15) is 6.33 Å². The van der Waals surface area contributed by atoms with E-state index in [0.717, 1.165) is 5.56 Å². The predicted molar refractivity (Wildman–Crippen MR) is 145 cm³/mol. The fourth-order valence-corrected chi connectivity index (χ4v) is 4.55. The first-order valence-corrected chi connectivity index (χ1v) is 12.6. The highest BCUT2D eigenvalue weighted by Gasteiger charge is 2.19. The molecule has 38 heavy (non-hydrogen) atoms. The first kappa shape index (κ1) is 25.0. The van der Waals surface area contributed by atoms with Crippen molar-refractivity contribution >= 4 is 40.1 Å². The smallest absolute Gasteiger partial charge is 0.273 e. The van der Waals surface area contributed by atoms with Crippen LogP contribution in [0.5, 0.6) is 0 Å². The second-order valence-electron chi connectivity index (χ2n) is 8.15. The Morgan fingerprint density at radius 1 is 1.21 bits per heavy atom. The minimum atomic E-state index is -0.556. The van der Waals surface area contributed by atoms with Crippen LogP contribution in [0.15, 0.2) is 77.2 Å². The lowest BCUT2D eigenvalue weighted by atomic mass is 10.0. The van der Waals surface area contributed by atoms with Gasteiger partial charge in [0, 0.05) is 22.0 Å². The van der Waals surface area contributed by atoms with E-state index in [9.17, 15) is 9.59 Å². The highest BCUT2D eigenvalue weighted by atomic mass is 35.5. The van der Waals surface area contributed by atoms with E-state index in [1.54, 1.807) is 35.7 Å². The zero-order valence-electron chi connectivity index (χ0n) is 19.7. The van der Waals surface area contributed by atoms with Crippen molar-refractivity contribution in [3.63, 3.8) is 0 Å². The molecule has 3 aromatic heterocycles. The molecule has 0 aliphatic heterocycles. The van der Waals surface area contributed by atoms with Crippen LogP contribution >= 0.6 is 22.9 Å². The summed E-state index contributed by atoms with van der Waals surface area (Å²) in [6.45, 7) is 0. The van der Waals surface area contributed by atoms with Crippen LogP contribution in [0.25, 0.3) is 23.0 Å². The van der Waals surface area contributed by atoms with Crippen molar-refractivity contribution in [2.75, 3.05) is 5.73 Å². The van der Waals surface area contributed by atoms with Crippen molar-refractivity contribution in [1.82, 2.24) is 40.7 Å². The van der Waals surface area contributed by atoms with Crippen molar-refractivity contribution in [3.05, 3.63) is 105 Å².